The van der Waals surface area contributed by atoms with Gasteiger partial charge in [-0.2, -0.15) is 0 Å². The molecule has 1 aliphatic carbocycles. The van der Waals surface area contributed by atoms with Crippen LogP contribution in [-0.2, 0) is 17.9 Å². The molecule has 9 nitrogen and oxygen atoms in total. The van der Waals surface area contributed by atoms with E-state index >= 15 is 0 Å². The Morgan fingerprint density at radius 1 is 1.00 bits per heavy atom. The highest BCUT2D eigenvalue weighted by atomic mass is 19.1. The molecule has 4 amide bonds. The number of amides is 4. The third-order valence-electron chi connectivity index (χ3n) is 8.92. The second-order valence-corrected chi connectivity index (χ2v) is 11.6. The number of urea groups is 1. The van der Waals surface area contributed by atoms with Crippen molar-refractivity contribution in [3.05, 3.63) is 64.5 Å². The Hall–Kier alpha value is -3.94. The van der Waals surface area contributed by atoms with E-state index < -0.39 is 29.2 Å². The molecule has 2 N–H and O–H groups in total. The number of fused-ring (bicyclic) bond motifs is 1. The molecule has 1 atom stereocenters. The van der Waals surface area contributed by atoms with E-state index in [1.54, 1.807) is 6.07 Å². The van der Waals surface area contributed by atoms with Gasteiger partial charge in [0.25, 0.3) is 11.8 Å². The number of ether oxygens (including phenoxy) is 1. The van der Waals surface area contributed by atoms with E-state index in [-0.39, 0.29) is 24.4 Å². The van der Waals surface area contributed by atoms with Gasteiger partial charge in [0.05, 0.1) is 19.2 Å². The Kier molecular flexibility index (Phi) is 7.88. The van der Waals surface area contributed by atoms with Crippen molar-refractivity contribution in [2.45, 2.75) is 56.8 Å². The average molecular weight is 574 g/mol. The number of nitrogens with zero attached hydrogens (tertiary/aromatic N) is 3. The van der Waals surface area contributed by atoms with Crippen molar-refractivity contribution in [2.24, 2.45) is 0 Å². The molecule has 6 rings (SSSR count). The van der Waals surface area contributed by atoms with Crippen LogP contribution in [0.1, 0.15) is 59.2 Å². The average Bonchev–Trinajstić information content (AvgIpc) is 3.47. The molecule has 42 heavy (non-hydrogen) atoms. The van der Waals surface area contributed by atoms with Crippen LogP contribution in [0.2, 0.25) is 0 Å². The van der Waals surface area contributed by atoms with Gasteiger partial charge in [0.1, 0.15) is 0 Å². The van der Waals surface area contributed by atoms with Crippen LogP contribution in [0.25, 0.3) is 0 Å². The number of rotatable bonds is 6. The summed E-state index contributed by atoms with van der Waals surface area (Å²) in [6, 6.07) is 11.0. The molecular formula is C32H36FN5O4. The fourth-order valence-electron chi connectivity index (χ4n) is 6.56. The number of nitrogens with one attached hydrogen (secondary N) is 2. The molecule has 10 heteroatoms. The Bertz CT molecular complexity index is 1440. The zero-order chi connectivity index (χ0) is 29.3. The minimum Gasteiger partial charge on any atom is -0.494 e. The van der Waals surface area contributed by atoms with Crippen molar-refractivity contribution in [1.82, 2.24) is 25.3 Å². The van der Waals surface area contributed by atoms with E-state index in [1.807, 2.05) is 24.3 Å². The van der Waals surface area contributed by atoms with E-state index in [0.717, 1.165) is 38.8 Å². The van der Waals surface area contributed by atoms with E-state index in [0.29, 0.717) is 11.1 Å². The summed E-state index contributed by atoms with van der Waals surface area (Å²) in [5.41, 5.74) is 0.601. The predicted molar refractivity (Wildman–Crippen MR) is 154 cm³/mol. The fraction of sp³-hybridized carbons (Fsp3) is 0.469. The van der Waals surface area contributed by atoms with E-state index in [2.05, 4.69) is 32.3 Å². The number of piperazine rings is 1. The van der Waals surface area contributed by atoms with Crippen LogP contribution in [0.3, 0.4) is 0 Å². The third kappa shape index (κ3) is 5.59. The minimum atomic E-state index is -1.66. The molecule has 1 saturated carbocycles. The molecule has 2 aromatic rings. The van der Waals surface area contributed by atoms with Gasteiger partial charge in [0, 0.05) is 50.9 Å². The second-order valence-electron chi connectivity index (χ2n) is 11.6. The normalized spacial score (nSPS) is 23.3. The highest BCUT2D eigenvalue weighted by molar-refractivity contribution is 6.10. The van der Waals surface area contributed by atoms with E-state index in [9.17, 15) is 18.8 Å². The first-order valence-electron chi connectivity index (χ1n) is 14.7. The van der Waals surface area contributed by atoms with Crippen molar-refractivity contribution >= 4 is 17.8 Å². The Balaban J connectivity index is 1.11. The van der Waals surface area contributed by atoms with Crippen molar-refractivity contribution in [3.63, 3.8) is 0 Å². The van der Waals surface area contributed by atoms with Gasteiger partial charge in [-0.1, -0.05) is 49.3 Å². The molecule has 2 aromatic carbocycles. The summed E-state index contributed by atoms with van der Waals surface area (Å²) in [6.07, 6.45) is 6.77. The van der Waals surface area contributed by atoms with Crippen molar-refractivity contribution in [2.75, 3.05) is 39.8 Å². The fourth-order valence-corrected chi connectivity index (χ4v) is 6.56. The summed E-state index contributed by atoms with van der Waals surface area (Å²) in [6.45, 7) is 5.09. The van der Waals surface area contributed by atoms with Gasteiger partial charge in [-0.15, -0.1) is 0 Å². The highest BCUT2D eigenvalue weighted by Gasteiger charge is 2.48. The lowest BCUT2D eigenvalue weighted by molar-refractivity contribution is -0.122. The lowest BCUT2D eigenvalue weighted by Gasteiger charge is -2.40. The molecule has 3 fully saturated rings. The molecule has 220 valence electrons. The van der Waals surface area contributed by atoms with Gasteiger partial charge < -0.3 is 15.0 Å². The van der Waals surface area contributed by atoms with Gasteiger partial charge in [-0.3, -0.25) is 24.7 Å². The maximum Gasteiger partial charge on any atom is 0.323 e. The van der Waals surface area contributed by atoms with Crippen LogP contribution >= 0.6 is 0 Å². The maximum atomic E-state index is 14.8. The van der Waals surface area contributed by atoms with Crippen LogP contribution in [0.4, 0.5) is 9.18 Å². The first-order chi connectivity index (χ1) is 20.3. The number of hydrogen-bond donors (Lipinski definition) is 2. The summed E-state index contributed by atoms with van der Waals surface area (Å²) >= 11 is 0. The zero-order valence-electron chi connectivity index (χ0n) is 23.9. The number of imide groups is 1. The van der Waals surface area contributed by atoms with Crippen molar-refractivity contribution in [1.29, 1.82) is 0 Å². The summed E-state index contributed by atoms with van der Waals surface area (Å²) in [5.74, 6) is 3.93. The van der Waals surface area contributed by atoms with Gasteiger partial charge >= 0.3 is 6.03 Å². The molecular weight excluding hydrogens is 537 g/mol. The molecule has 0 bridgehead atoms. The summed E-state index contributed by atoms with van der Waals surface area (Å²) in [7, 11) is 1.33. The standard InChI is InChI=1S/C32H36FN5O4/c1-42-26-12-11-24-20-38(29(39)27(24)28(26)33)21-32(30(40)34-31(41)35-32)14-13-22-7-9-23(10-8-22)19-36-15-17-37(18-16-36)25-5-3-2-4-6-25/h7-12,25H,2-6,15-21H2,1H3,(H2,34,35,40,41). The largest absolute Gasteiger partial charge is 0.494 e. The van der Waals surface area contributed by atoms with E-state index in [1.165, 1.54) is 55.7 Å². The lowest BCUT2D eigenvalue weighted by Crippen LogP contribution is -2.54. The molecule has 3 aliphatic heterocycles. The zero-order valence-corrected chi connectivity index (χ0v) is 23.9. The minimum absolute atomic E-state index is 0.0319. The van der Waals surface area contributed by atoms with Crippen LogP contribution in [0.5, 0.6) is 5.75 Å². The summed E-state index contributed by atoms with van der Waals surface area (Å²) in [4.78, 5) is 44.6. The molecule has 0 spiro atoms. The SMILES string of the molecule is COc1ccc2c(c1F)C(=O)N(CC1(C#Cc3ccc(CN4CCN(C5CCCCC5)CC4)cc3)NC(=O)NC1=O)C2. The Morgan fingerprint density at radius 2 is 1.74 bits per heavy atom. The summed E-state index contributed by atoms with van der Waals surface area (Å²) in [5, 5.41) is 4.82. The monoisotopic (exact) mass is 573 g/mol. The van der Waals surface area contributed by atoms with E-state index in [4.69, 9.17) is 4.74 Å². The molecule has 0 aromatic heterocycles. The molecule has 1 unspecified atom stereocenters. The molecule has 3 heterocycles. The smallest absolute Gasteiger partial charge is 0.323 e. The number of halogens is 1. The molecule has 0 radical (unpaired) electrons. The first-order valence-corrected chi connectivity index (χ1v) is 14.7. The number of carbonyl (C=O) groups excluding carboxylic acids is 3. The number of benzene rings is 2. The molecule has 2 saturated heterocycles. The highest BCUT2D eigenvalue weighted by Crippen LogP contribution is 2.32. The second kappa shape index (κ2) is 11.7. The van der Waals surface area contributed by atoms with Crippen LogP contribution < -0.4 is 15.4 Å². The Morgan fingerprint density at radius 3 is 2.40 bits per heavy atom. The quantitative estimate of drug-likeness (QED) is 0.408. The molecule has 4 aliphatic rings. The number of methoxy groups -OCH3 is 1. The Labute approximate surface area is 245 Å². The van der Waals surface area contributed by atoms with Crippen molar-refractivity contribution < 1.29 is 23.5 Å². The summed E-state index contributed by atoms with van der Waals surface area (Å²) < 4.78 is 19.8. The van der Waals surface area contributed by atoms with Gasteiger partial charge in [0.15, 0.2) is 11.6 Å². The van der Waals surface area contributed by atoms with Crippen LogP contribution in [0, 0.1) is 17.7 Å². The predicted octanol–water partition coefficient (Wildman–Crippen LogP) is 2.87. The van der Waals surface area contributed by atoms with Gasteiger partial charge in [0.2, 0.25) is 5.54 Å². The van der Waals surface area contributed by atoms with Crippen molar-refractivity contribution in [3.8, 4) is 17.6 Å². The third-order valence-corrected chi connectivity index (χ3v) is 8.92. The first kappa shape index (κ1) is 28.2. The topological polar surface area (TPSA) is 94.2 Å². The number of hydrogen-bond acceptors (Lipinski definition) is 6. The maximum absolute atomic E-state index is 14.8. The van der Waals surface area contributed by atoms with Gasteiger partial charge in [-0.05, 0) is 42.2 Å². The van der Waals surface area contributed by atoms with Crippen LogP contribution in [-0.4, -0.2) is 84.0 Å². The number of carbonyl (C=O) groups is 3. The van der Waals surface area contributed by atoms with Gasteiger partial charge in [-0.25, -0.2) is 9.18 Å². The van der Waals surface area contributed by atoms with Crippen LogP contribution in [0.15, 0.2) is 36.4 Å². The lowest BCUT2D eigenvalue weighted by atomic mass is 9.94.